The maximum Gasteiger partial charge on any atom is 0.225 e. The summed E-state index contributed by atoms with van der Waals surface area (Å²) in [5, 5.41) is 12.7. The number of amides is 1. The van der Waals surface area contributed by atoms with E-state index in [2.05, 4.69) is 5.32 Å². The number of carbonyl (C=O) groups excluding carboxylic acids is 1. The highest BCUT2D eigenvalue weighted by Crippen LogP contribution is 2.24. The minimum absolute atomic E-state index is 0.0991. The Kier molecular flexibility index (Phi) is 4.80. The predicted molar refractivity (Wildman–Crippen MR) is 69.5 cm³/mol. The van der Waals surface area contributed by atoms with Crippen molar-refractivity contribution < 1.29 is 9.90 Å². The van der Waals surface area contributed by atoms with E-state index in [1.807, 2.05) is 0 Å². The first-order valence-corrected chi connectivity index (χ1v) is 5.96. The Morgan fingerprint density at radius 2 is 1.88 bits per heavy atom. The highest BCUT2D eigenvalue weighted by Gasteiger charge is 2.20. The Hall–Kier alpha value is -0.770. The number of aliphatic hydroxyl groups excluding tert-OH is 1. The van der Waals surface area contributed by atoms with Gasteiger partial charge < -0.3 is 10.4 Å². The lowest BCUT2D eigenvalue weighted by atomic mass is 10.1. The van der Waals surface area contributed by atoms with Gasteiger partial charge in [0.25, 0.3) is 0 Å². The van der Waals surface area contributed by atoms with Crippen LogP contribution in [0, 0.1) is 0 Å². The van der Waals surface area contributed by atoms with Crippen molar-refractivity contribution in [1.82, 2.24) is 5.32 Å². The molecule has 94 valence electrons. The van der Waals surface area contributed by atoms with Crippen LogP contribution in [0.1, 0.15) is 19.4 Å². The van der Waals surface area contributed by atoms with Gasteiger partial charge in [0.1, 0.15) is 0 Å². The molecular formula is C12H15Cl2NO2. The molecule has 0 aliphatic heterocycles. The lowest BCUT2D eigenvalue weighted by Gasteiger charge is -2.23. The van der Waals surface area contributed by atoms with Gasteiger partial charge in [-0.15, -0.1) is 0 Å². The number of nitrogens with one attached hydrogen (secondary N) is 1. The van der Waals surface area contributed by atoms with Crippen molar-refractivity contribution in [2.24, 2.45) is 0 Å². The van der Waals surface area contributed by atoms with Crippen LogP contribution >= 0.6 is 23.2 Å². The van der Waals surface area contributed by atoms with Crippen molar-refractivity contribution >= 4 is 29.1 Å². The van der Waals surface area contributed by atoms with Crippen LogP contribution in [-0.4, -0.2) is 23.2 Å². The minimum atomic E-state index is -0.648. The summed E-state index contributed by atoms with van der Waals surface area (Å²) in [5.41, 5.74) is -0.0489. The number of aliphatic hydroxyl groups is 1. The normalized spacial score (nSPS) is 11.4. The Morgan fingerprint density at radius 3 is 2.35 bits per heavy atom. The Labute approximate surface area is 111 Å². The number of halogens is 2. The van der Waals surface area contributed by atoms with E-state index in [9.17, 15) is 4.79 Å². The topological polar surface area (TPSA) is 49.3 Å². The van der Waals surface area contributed by atoms with Crippen LogP contribution in [0.2, 0.25) is 10.0 Å². The zero-order chi connectivity index (χ0) is 13.1. The molecule has 0 unspecified atom stereocenters. The van der Waals surface area contributed by atoms with Gasteiger partial charge in [0.15, 0.2) is 0 Å². The summed E-state index contributed by atoms with van der Waals surface area (Å²) in [7, 11) is 0. The molecular weight excluding hydrogens is 261 g/mol. The maximum atomic E-state index is 11.8. The number of rotatable bonds is 4. The molecule has 0 saturated heterocycles. The first-order chi connectivity index (χ1) is 7.85. The highest BCUT2D eigenvalue weighted by molar-refractivity contribution is 6.36. The molecule has 0 bridgehead atoms. The summed E-state index contributed by atoms with van der Waals surface area (Å²) in [5.74, 6) is -0.223. The summed E-state index contributed by atoms with van der Waals surface area (Å²) in [6.07, 6.45) is 0.0991. The van der Waals surface area contributed by atoms with Gasteiger partial charge in [-0.25, -0.2) is 0 Å². The second-order valence-corrected chi connectivity index (χ2v) is 5.28. The van der Waals surface area contributed by atoms with Crippen molar-refractivity contribution in [3.05, 3.63) is 33.8 Å². The number of hydrogen-bond acceptors (Lipinski definition) is 2. The molecule has 0 fully saturated rings. The van der Waals surface area contributed by atoms with E-state index < -0.39 is 5.54 Å². The summed E-state index contributed by atoms with van der Waals surface area (Å²) < 4.78 is 0. The van der Waals surface area contributed by atoms with E-state index in [0.717, 1.165) is 0 Å². The van der Waals surface area contributed by atoms with Crippen LogP contribution in [0.25, 0.3) is 0 Å². The average Bonchev–Trinajstić information content (AvgIpc) is 2.23. The lowest BCUT2D eigenvalue weighted by Crippen LogP contribution is -2.46. The molecule has 0 aliphatic carbocycles. The number of benzene rings is 1. The van der Waals surface area contributed by atoms with E-state index >= 15 is 0 Å². The molecule has 0 spiro atoms. The SMILES string of the molecule is CC(C)(CO)NC(=O)Cc1c(Cl)cccc1Cl. The molecule has 0 radical (unpaired) electrons. The van der Waals surface area contributed by atoms with Gasteiger partial charge in [0, 0.05) is 10.0 Å². The molecule has 3 nitrogen and oxygen atoms in total. The van der Waals surface area contributed by atoms with E-state index in [1.54, 1.807) is 32.0 Å². The summed E-state index contributed by atoms with van der Waals surface area (Å²) in [6, 6.07) is 5.10. The minimum Gasteiger partial charge on any atom is -0.394 e. The van der Waals surface area contributed by atoms with Crippen molar-refractivity contribution in [2.75, 3.05) is 6.61 Å². The molecule has 0 aliphatic rings. The van der Waals surface area contributed by atoms with E-state index in [1.165, 1.54) is 0 Å². The second-order valence-electron chi connectivity index (χ2n) is 4.47. The monoisotopic (exact) mass is 275 g/mol. The standard InChI is InChI=1S/C12H15Cl2NO2/c1-12(2,7-16)15-11(17)6-8-9(13)4-3-5-10(8)14/h3-5,16H,6-7H2,1-2H3,(H,15,17). The second kappa shape index (κ2) is 5.71. The van der Waals surface area contributed by atoms with Crippen LogP contribution < -0.4 is 5.32 Å². The van der Waals surface area contributed by atoms with Gasteiger partial charge in [0.05, 0.1) is 18.6 Å². The van der Waals surface area contributed by atoms with E-state index in [-0.39, 0.29) is 18.9 Å². The summed E-state index contributed by atoms with van der Waals surface area (Å²) >= 11 is 11.9. The highest BCUT2D eigenvalue weighted by atomic mass is 35.5. The molecule has 0 heterocycles. The van der Waals surface area contributed by atoms with Crippen molar-refractivity contribution in [1.29, 1.82) is 0 Å². The molecule has 0 atom stereocenters. The molecule has 0 aromatic heterocycles. The summed E-state index contributed by atoms with van der Waals surface area (Å²) in [4.78, 5) is 11.8. The van der Waals surface area contributed by atoms with E-state index in [4.69, 9.17) is 28.3 Å². The third-order valence-corrected chi connectivity index (χ3v) is 2.98. The van der Waals surface area contributed by atoms with E-state index in [0.29, 0.717) is 15.6 Å². The zero-order valence-electron chi connectivity index (χ0n) is 9.76. The van der Waals surface area contributed by atoms with Crippen LogP contribution in [0.15, 0.2) is 18.2 Å². The van der Waals surface area contributed by atoms with Crippen LogP contribution in [-0.2, 0) is 11.2 Å². The van der Waals surface area contributed by atoms with Crippen molar-refractivity contribution in [3.63, 3.8) is 0 Å². The maximum absolute atomic E-state index is 11.8. The molecule has 1 rings (SSSR count). The lowest BCUT2D eigenvalue weighted by molar-refractivity contribution is -0.122. The first kappa shape index (κ1) is 14.3. The molecule has 1 aromatic rings. The predicted octanol–water partition coefficient (Wildman–Crippen LogP) is 2.42. The van der Waals surface area contributed by atoms with Gasteiger partial charge in [0.2, 0.25) is 5.91 Å². The molecule has 2 N–H and O–H groups in total. The molecule has 5 heteroatoms. The quantitative estimate of drug-likeness (QED) is 0.887. The number of carbonyl (C=O) groups is 1. The number of hydrogen-bond donors (Lipinski definition) is 2. The van der Waals surface area contributed by atoms with Gasteiger partial charge in [-0.2, -0.15) is 0 Å². The average molecular weight is 276 g/mol. The van der Waals surface area contributed by atoms with Crippen molar-refractivity contribution in [3.8, 4) is 0 Å². The molecule has 0 saturated carbocycles. The Bertz CT molecular complexity index is 399. The molecule has 1 aromatic carbocycles. The molecule has 1 amide bonds. The van der Waals surface area contributed by atoms with Crippen molar-refractivity contribution in [2.45, 2.75) is 25.8 Å². The third kappa shape index (κ3) is 4.19. The van der Waals surface area contributed by atoms with Crippen LogP contribution in [0.4, 0.5) is 0 Å². The fourth-order valence-electron chi connectivity index (χ4n) is 1.32. The Morgan fingerprint density at radius 1 is 1.35 bits per heavy atom. The van der Waals surface area contributed by atoms with Gasteiger partial charge in [-0.1, -0.05) is 29.3 Å². The summed E-state index contributed by atoms with van der Waals surface area (Å²) in [6.45, 7) is 3.34. The largest absolute Gasteiger partial charge is 0.394 e. The van der Waals surface area contributed by atoms with Gasteiger partial charge in [-0.3, -0.25) is 4.79 Å². The Balaban J connectivity index is 2.75. The molecule has 17 heavy (non-hydrogen) atoms. The smallest absolute Gasteiger partial charge is 0.225 e. The fraction of sp³-hybridized carbons (Fsp3) is 0.417. The van der Waals surface area contributed by atoms with Gasteiger partial charge in [-0.05, 0) is 31.5 Å². The van der Waals surface area contributed by atoms with Crippen LogP contribution in [0.3, 0.4) is 0 Å². The van der Waals surface area contributed by atoms with Crippen LogP contribution in [0.5, 0.6) is 0 Å². The first-order valence-electron chi connectivity index (χ1n) is 5.20. The fourth-order valence-corrected chi connectivity index (χ4v) is 1.85. The zero-order valence-corrected chi connectivity index (χ0v) is 11.3. The van der Waals surface area contributed by atoms with Gasteiger partial charge >= 0.3 is 0 Å². The third-order valence-electron chi connectivity index (χ3n) is 2.27.